The number of hydrogen-bond acceptors (Lipinski definition) is 7. The molecule has 13 heteroatoms. The van der Waals surface area contributed by atoms with Gasteiger partial charge >= 0.3 is 17.8 Å². The topological polar surface area (TPSA) is 120 Å². The highest BCUT2D eigenvalue weighted by atomic mass is 35.5. The summed E-state index contributed by atoms with van der Waals surface area (Å²) in [6.45, 7) is 1.56. The van der Waals surface area contributed by atoms with Crippen LogP contribution in [0.15, 0.2) is 52.0 Å². The molecule has 0 unspecified atom stereocenters. The normalized spacial score (nSPS) is 12.2. The SMILES string of the molecule is CO/C=C(/C(=O)O)c1cc(C)c2nc(-c3cc(C(F)(F)F)nn3-c3ncccc3Cl)oc(=O)c2c1. The molecular formula is C22H14ClF3N4O5. The lowest BCUT2D eigenvalue weighted by atomic mass is 10.0. The number of carbonyl (C=O) groups is 1. The summed E-state index contributed by atoms with van der Waals surface area (Å²) in [7, 11) is 1.27. The van der Waals surface area contributed by atoms with Crippen molar-refractivity contribution in [3.8, 4) is 17.4 Å². The molecule has 0 spiro atoms. The van der Waals surface area contributed by atoms with Crippen LogP contribution in [0.5, 0.6) is 0 Å². The number of rotatable bonds is 5. The second kappa shape index (κ2) is 8.87. The van der Waals surface area contributed by atoms with Crippen LogP contribution < -0.4 is 5.63 Å². The van der Waals surface area contributed by atoms with Crippen molar-refractivity contribution in [3.63, 3.8) is 0 Å². The summed E-state index contributed by atoms with van der Waals surface area (Å²) in [5, 5.41) is 12.9. The van der Waals surface area contributed by atoms with E-state index in [1.807, 2.05) is 0 Å². The molecular weight excluding hydrogens is 493 g/mol. The third-order valence-corrected chi connectivity index (χ3v) is 5.15. The maximum Gasteiger partial charge on any atom is 0.435 e. The molecule has 0 radical (unpaired) electrons. The molecule has 0 aliphatic carbocycles. The summed E-state index contributed by atoms with van der Waals surface area (Å²) >= 11 is 6.11. The Balaban J connectivity index is 1.97. The average molecular weight is 507 g/mol. The van der Waals surface area contributed by atoms with E-state index in [2.05, 4.69) is 15.1 Å². The third-order valence-electron chi connectivity index (χ3n) is 4.86. The molecule has 0 aliphatic heterocycles. The maximum absolute atomic E-state index is 13.5. The van der Waals surface area contributed by atoms with E-state index >= 15 is 0 Å². The van der Waals surface area contributed by atoms with E-state index in [1.54, 1.807) is 6.92 Å². The van der Waals surface area contributed by atoms with Gasteiger partial charge in [-0.2, -0.15) is 18.3 Å². The minimum Gasteiger partial charge on any atom is -0.503 e. The van der Waals surface area contributed by atoms with Gasteiger partial charge in [0.2, 0.25) is 5.89 Å². The van der Waals surface area contributed by atoms with Gasteiger partial charge in [-0.15, -0.1) is 0 Å². The van der Waals surface area contributed by atoms with E-state index in [9.17, 15) is 27.9 Å². The highest BCUT2D eigenvalue weighted by Gasteiger charge is 2.36. The van der Waals surface area contributed by atoms with Gasteiger partial charge in [0.05, 0.1) is 29.3 Å². The molecule has 35 heavy (non-hydrogen) atoms. The van der Waals surface area contributed by atoms with E-state index in [1.165, 1.54) is 37.6 Å². The number of methoxy groups -OCH3 is 1. The highest BCUT2D eigenvalue weighted by Crippen LogP contribution is 2.34. The standard InChI is InChI=1S/C22H14ClF3N4O5/c1-10-6-11(13(9-34-2)20(31)32)7-12-17(10)28-19(35-21(12)33)15-8-16(22(24,25)26)29-30(15)18-14(23)4-3-5-27-18/h3-9H,1-2H3,(H,31,32)/b13-9+. The van der Waals surface area contributed by atoms with Crippen LogP contribution in [0.25, 0.3) is 33.9 Å². The average Bonchev–Trinajstić information content (AvgIpc) is 3.24. The van der Waals surface area contributed by atoms with Crippen molar-refractivity contribution in [2.45, 2.75) is 13.1 Å². The predicted octanol–water partition coefficient (Wildman–Crippen LogP) is 4.49. The van der Waals surface area contributed by atoms with Crippen molar-refractivity contribution >= 4 is 34.0 Å². The number of carboxylic acid groups (broad SMARTS) is 1. The number of benzene rings is 1. The fraction of sp³-hybridized carbons (Fsp3) is 0.136. The van der Waals surface area contributed by atoms with Crippen LogP contribution >= 0.6 is 11.6 Å². The molecule has 9 nitrogen and oxygen atoms in total. The summed E-state index contributed by atoms with van der Waals surface area (Å²) < 4.78 is 51.2. The molecule has 3 aromatic heterocycles. The first-order valence-corrected chi connectivity index (χ1v) is 10.1. The number of aliphatic carboxylic acids is 1. The van der Waals surface area contributed by atoms with E-state index < -0.39 is 29.4 Å². The summed E-state index contributed by atoms with van der Waals surface area (Å²) in [4.78, 5) is 32.6. The van der Waals surface area contributed by atoms with Crippen molar-refractivity contribution in [1.29, 1.82) is 0 Å². The Labute approximate surface area is 199 Å². The zero-order chi connectivity index (χ0) is 25.5. The van der Waals surface area contributed by atoms with Crippen LogP contribution in [0.4, 0.5) is 13.2 Å². The lowest BCUT2D eigenvalue weighted by Gasteiger charge is -2.09. The molecule has 0 atom stereocenters. The van der Waals surface area contributed by atoms with Crippen LogP contribution in [0.2, 0.25) is 5.02 Å². The van der Waals surface area contributed by atoms with Gasteiger partial charge in [-0.25, -0.2) is 24.2 Å². The van der Waals surface area contributed by atoms with Gasteiger partial charge in [-0.3, -0.25) is 0 Å². The molecule has 0 fully saturated rings. The second-order valence-electron chi connectivity index (χ2n) is 7.20. The number of aromatic nitrogens is 4. The Hall–Kier alpha value is -4.19. The van der Waals surface area contributed by atoms with Crippen LogP contribution in [0.1, 0.15) is 16.8 Å². The smallest absolute Gasteiger partial charge is 0.435 e. The number of aryl methyl sites for hydroxylation is 1. The summed E-state index contributed by atoms with van der Waals surface area (Å²) in [5.74, 6) is -1.89. The van der Waals surface area contributed by atoms with Gasteiger partial charge in [-0.1, -0.05) is 11.6 Å². The first-order chi connectivity index (χ1) is 16.5. The van der Waals surface area contributed by atoms with Gasteiger partial charge in [0, 0.05) is 12.3 Å². The molecule has 1 N–H and O–H groups in total. The lowest BCUT2D eigenvalue weighted by molar-refractivity contribution is -0.141. The Morgan fingerprint density at radius 3 is 2.66 bits per heavy atom. The number of alkyl halides is 3. The van der Waals surface area contributed by atoms with E-state index in [-0.39, 0.29) is 38.6 Å². The van der Waals surface area contributed by atoms with Crippen molar-refractivity contribution in [2.24, 2.45) is 0 Å². The Kier molecular flexibility index (Phi) is 6.07. The van der Waals surface area contributed by atoms with Crippen LogP contribution in [-0.2, 0) is 15.7 Å². The van der Waals surface area contributed by atoms with Gasteiger partial charge < -0.3 is 14.3 Å². The molecule has 0 saturated heterocycles. The zero-order valence-electron chi connectivity index (χ0n) is 17.9. The number of pyridine rings is 1. The lowest BCUT2D eigenvalue weighted by Crippen LogP contribution is -2.10. The zero-order valence-corrected chi connectivity index (χ0v) is 18.7. The third kappa shape index (κ3) is 4.47. The first kappa shape index (κ1) is 24.0. The number of nitrogens with zero attached hydrogens (tertiary/aromatic N) is 4. The van der Waals surface area contributed by atoms with Crippen molar-refractivity contribution in [1.82, 2.24) is 19.7 Å². The van der Waals surface area contributed by atoms with Crippen molar-refractivity contribution in [2.75, 3.05) is 7.11 Å². The Morgan fingerprint density at radius 2 is 2.03 bits per heavy atom. The molecule has 4 rings (SSSR count). The number of hydrogen-bond donors (Lipinski definition) is 1. The molecule has 1 aromatic carbocycles. The van der Waals surface area contributed by atoms with E-state index in [4.69, 9.17) is 20.8 Å². The van der Waals surface area contributed by atoms with Crippen molar-refractivity contribution < 1.29 is 32.2 Å². The predicted molar refractivity (Wildman–Crippen MR) is 118 cm³/mol. The van der Waals surface area contributed by atoms with Crippen LogP contribution in [0, 0.1) is 6.92 Å². The second-order valence-corrected chi connectivity index (χ2v) is 7.61. The van der Waals surface area contributed by atoms with Gasteiger partial charge in [-0.05, 0) is 42.3 Å². The fourth-order valence-electron chi connectivity index (χ4n) is 3.34. The van der Waals surface area contributed by atoms with Crippen LogP contribution in [0.3, 0.4) is 0 Å². The highest BCUT2D eigenvalue weighted by molar-refractivity contribution is 6.32. The number of halogens is 4. The van der Waals surface area contributed by atoms with Crippen molar-refractivity contribution in [3.05, 3.63) is 75.1 Å². The minimum atomic E-state index is -4.82. The van der Waals surface area contributed by atoms with E-state index in [0.717, 1.165) is 10.9 Å². The van der Waals surface area contributed by atoms with Gasteiger partial charge in [0.25, 0.3) is 0 Å². The summed E-state index contributed by atoms with van der Waals surface area (Å²) in [6, 6.07) is 6.25. The minimum absolute atomic E-state index is 0.000614. The molecule has 3 heterocycles. The molecule has 0 bridgehead atoms. The summed E-state index contributed by atoms with van der Waals surface area (Å²) in [5.41, 5.74) is -2.16. The Bertz CT molecular complexity index is 1560. The number of carboxylic acids is 1. The first-order valence-electron chi connectivity index (χ1n) is 9.72. The monoisotopic (exact) mass is 506 g/mol. The van der Waals surface area contributed by atoms with E-state index in [0.29, 0.717) is 11.6 Å². The fourth-order valence-corrected chi connectivity index (χ4v) is 3.54. The molecule has 0 aliphatic rings. The Morgan fingerprint density at radius 1 is 1.29 bits per heavy atom. The van der Waals surface area contributed by atoms with Gasteiger partial charge in [0.1, 0.15) is 11.3 Å². The maximum atomic E-state index is 13.5. The molecule has 180 valence electrons. The quantitative estimate of drug-likeness (QED) is 0.310. The number of ether oxygens (including phenoxy) is 1. The van der Waals surface area contributed by atoms with Crippen LogP contribution in [-0.4, -0.2) is 37.9 Å². The molecule has 0 saturated carbocycles. The molecule has 0 amide bonds. The largest absolute Gasteiger partial charge is 0.503 e. The van der Waals surface area contributed by atoms with Gasteiger partial charge in [0.15, 0.2) is 11.5 Å². The molecule has 4 aromatic rings. The summed E-state index contributed by atoms with van der Waals surface area (Å²) in [6.07, 6.45) is -2.51. The number of fused-ring (bicyclic) bond motifs is 1.